The molecule has 1 atom stereocenters. The van der Waals surface area contributed by atoms with E-state index >= 15 is 0 Å². The zero-order chi connectivity index (χ0) is 20.2. The maximum Gasteiger partial charge on any atom is 0.416 e. The highest BCUT2D eigenvalue weighted by atomic mass is 32.2. The normalized spacial score (nSPS) is 14.9. The summed E-state index contributed by atoms with van der Waals surface area (Å²) >= 11 is 0. The van der Waals surface area contributed by atoms with Gasteiger partial charge in [0, 0.05) is 12.1 Å². The lowest BCUT2D eigenvalue weighted by Crippen LogP contribution is -2.54. The molecule has 1 amide bonds. The van der Waals surface area contributed by atoms with Gasteiger partial charge in [-0.05, 0) is 37.5 Å². The Morgan fingerprint density at radius 1 is 1.27 bits per heavy atom. The lowest BCUT2D eigenvalue weighted by atomic mass is 9.91. The Bertz CT molecular complexity index is 736. The highest BCUT2D eigenvalue weighted by Gasteiger charge is 2.32. The minimum absolute atomic E-state index is 0.164. The van der Waals surface area contributed by atoms with Crippen molar-refractivity contribution in [2.45, 2.75) is 43.8 Å². The van der Waals surface area contributed by atoms with Crippen molar-refractivity contribution >= 4 is 15.9 Å². The van der Waals surface area contributed by atoms with Crippen LogP contribution in [0.2, 0.25) is 0 Å². The third-order valence-corrected chi connectivity index (χ3v) is 5.04. The van der Waals surface area contributed by atoms with Crippen LogP contribution < -0.4 is 15.8 Å². The molecule has 0 aromatic heterocycles. The number of alkyl halides is 3. The summed E-state index contributed by atoms with van der Waals surface area (Å²) in [6.07, 6.45) is -4.07. The van der Waals surface area contributed by atoms with E-state index in [9.17, 15) is 26.4 Å². The molecule has 0 aliphatic heterocycles. The van der Waals surface area contributed by atoms with Gasteiger partial charge in [-0.25, -0.2) is 13.1 Å². The standard InChI is InChI=1S/C16H24F3N3O3S/c1-11(2)8-15(3,10-20)22-14(23)9-21-26(24,25)13-6-4-5-12(7-13)16(17,18)19/h4-7,11,21H,8-10,20H2,1-3H3,(H,22,23). The molecule has 10 heteroatoms. The van der Waals surface area contributed by atoms with Gasteiger partial charge in [-0.2, -0.15) is 13.2 Å². The quantitative estimate of drug-likeness (QED) is 0.625. The van der Waals surface area contributed by atoms with Crippen LogP contribution in [0.25, 0.3) is 0 Å². The maximum atomic E-state index is 12.7. The molecule has 0 aliphatic rings. The van der Waals surface area contributed by atoms with Crippen molar-refractivity contribution in [3.63, 3.8) is 0 Å². The van der Waals surface area contributed by atoms with Crippen molar-refractivity contribution in [2.24, 2.45) is 11.7 Å². The fraction of sp³-hybridized carbons (Fsp3) is 0.562. The summed E-state index contributed by atoms with van der Waals surface area (Å²) in [6, 6.07) is 3.30. The predicted molar refractivity (Wildman–Crippen MR) is 91.7 cm³/mol. The molecule has 0 fully saturated rings. The maximum absolute atomic E-state index is 12.7. The third-order valence-electron chi connectivity index (χ3n) is 3.64. The molecule has 0 saturated heterocycles. The summed E-state index contributed by atoms with van der Waals surface area (Å²) in [4.78, 5) is 11.5. The molecule has 4 N–H and O–H groups in total. The Hall–Kier alpha value is -1.65. The van der Waals surface area contributed by atoms with Gasteiger partial charge >= 0.3 is 6.18 Å². The van der Waals surface area contributed by atoms with Gasteiger partial charge in [0.2, 0.25) is 15.9 Å². The van der Waals surface area contributed by atoms with Crippen LogP contribution in [-0.4, -0.2) is 33.0 Å². The number of carbonyl (C=O) groups excluding carboxylic acids is 1. The molecule has 0 saturated carbocycles. The van der Waals surface area contributed by atoms with Crippen LogP contribution in [-0.2, 0) is 21.0 Å². The second-order valence-electron chi connectivity index (χ2n) is 6.76. The van der Waals surface area contributed by atoms with Crippen molar-refractivity contribution in [3.05, 3.63) is 29.8 Å². The molecule has 1 aromatic rings. The fourth-order valence-corrected chi connectivity index (χ4v) is 3.58. The summed E-state index contributed by atoms with van der Waals surface area (Å²) in [6.45, 7) is 5.21. The van der Waals surface area contributed by atoms with Crippen LogP contribution in [0.4, 0.5) is 13.2 Å². The van der Waals surface area contributed by atoms with Gasteiger partial charge in [-0.15, -0.1) is 0 Å². The van der Waals surface area contributed by atoms with Gasteiger partial charge in [-0.3, -0.25) is 4.79 Å². The molecule has 1 aromatic carbocycles. The first-order chi connectivity index (χ1) is 11.8. The zero-order valence-corrected chi connectivity index (χ0v) is 15.7. The molecule has 26 heavy (non-hydrogen) atoms. The van der Waals surface area contributed by atoms with Crippen molar-refractivity contribution < 1.29 is 26.4 Å². The van der Waals surface area contributed by atoms with Gasteiger partial charge in [0.1, 0.15) is 0 Å². The minimum Gasteiger partial charge on any atom is -0.349 e. The van der Waals surface area contributed by atoms with Crippen molar-refractivity contribution in [1.29, 1.82) is 0 Å². The Balaban J connectivity index is 2.81. The van der Waals surface area contributed by atoms with E-state index in [4.69, 9.17) is 5.73 Å². The van der Waals surface area contributed by atoms with Crippen molar-refractivity contribution in [2.75, 3.05) is 13.1 Å². The summed E-state index contributed by atoms with van der Waals surface area (Å²) < 4.78 is 64.4. The summed E-state index contributed by atoms with van der Waals surface area (Å²) in [5.41, 5.74) is 3.89. The van der Waals surface area contributed by atoms with Crippen molar-refractivity contribution in [3.8, 4) is 0 Å². The highest BCUT2D eigenvalue weighted by molar-refractivity contribution is 7.89. The summed E-state index contributed by atoms with van der Waals surface area (Å²) in [7, 11) is -4.27. The fourth-order valence-electron chi connectivity index (χ4n) is 2.55. The first-order valence-corrected chi connectivity index (χ1v) is 9.45. The number of halogens is 3. The number of carbonyl (C=O) groups is 1. The summed E-state index contributed by atoms with van der Waals surface area (Å²) in [5, 5.41) is 2.66. The van der Waals surface area contributed by atoms with E-state index in [0.717, 1.165) is 18.2 Å². The van der Waals surface area contributed by atoms with Crippen LogP contribution in [0, 0.1) is 5.92 Å². The molecule has 148 valence electrons. The van der Waals surface area contributed by atoms with E-state index in [-0.39, 0.29) is 12.5 Å². The number of nitrogens with one attached hydrogen (secondary N) is 2. The molecule has 0 bridgehead atoms. The SMILES string of the molecule is CC(C)CC(C)(CN)NC(=O)CNS(=O)(=O)c1cccc(C(F)(F)F)c1. The number of sulfonamides is 1. The molecule has 0 heterocycles. The molecule has 0 aliphatic carbocycles. The van der Waals surface area contributed by atoms with Gasteiger partial charge in [0.25, 0.3) is 0 Å². The Kier molecular flexibility index (Phi) is 7.20. The van der Waals surface area contributed by atoms with E-state index in [1.54, 1.807) is 6.92 Å². The first-order valence-electron chi connectivity index (χ1n) is 7.97. The zero-order valence-electron chi connectivity index (χ0n) is 14.9. The van der Waals surface area contributed by atoms with Gasteiger partial charge < -0.3 is 11.1 Å². The average Bonchev–Trinajstić information content (AvgIpc) is 2.51. The second kappa shape index (κ2) is 8.36. The molecule has 1 rings (SSSR count). The van der Waals surface area contributed by atoms with Crippen LogP contribution in [0.5, 0.6) is 0 Å². The van der Waals surface area contributed by atoms with Crippen LogP contribution in [0.15, 0.2) is 29.2 Å². The van der Waals surface area contributed by atoms with Gasteiger partial charge in [-0.1, -0.05) is 19.9 Å². The number of hydrogen-bond donors (Lipinski definition) is 3. The Morgan fingerprint density at radius 3 is 2.38 bits per heavy atom. The topological polar surface area (TPSA) is 101 Å². The van der Waals surface area contributed by atoms with Gasteiger partial charge in [0.15, 0.2) is 0 Å². The second-order valence-corrected chi connectivity index (χ2v) is 8.53. The largest absolute Gasteiger partial charge is 0.416 e. The van der Waals surface area contributed by atoms with Crippen LogP contribution in [0.3, 0.4) is 0 Å². The summed E-state index contributed by atoms with van der Waals surface area (Å²) in [5.74, 6) is -0.361. The Labute approximate surface area is 151 Å². The van der Waals surface area contributed by atoms with Crippen LogP contribution >= 0.6 is 0 Å². The minimum atomic E-state index is -4.66. The van der Waals surface area contributed by atoms with Crippen molar-refractivity contribution in [1.82, 2.24) is 10.0 Å². The first kappa shape index (κ1) is 22.4. The molecule has 6 nitrogen and oxygen atoms in total. The van der Waals surface area contributed by atoms with E-state index in [1.807, 2.05) is 18.6 Å². The third kappa shape index (κ3) is 6.58. The molecular weight excluding hydrogens is 371 g/mol. The van der Waals surface area contributed by atoms with E-state index in [2.05, 4.69) is 5.32 Å². The van der Waals surface area contributed by atoms with E-state index in [1.165, 1.54) is 0 Å². The highest BCUT2D eigenvalue weighted by Crippen LogP contribution is 2.30. The number of hydrogen-bond acceptors (Lipinski definition) is 4. The number of benzene rings is 1. The Morgan fingerprint density at radius 2 is 1.88 bits per heavy atom. The average molecular weight is 395 g/mol. The van der Waals surface area contributed by atoms with E-state index < -0.39 is 44.6 Å². The monoisotopic (exact) mass is 395 g/mol. The lowest BCUT2D eigenvalue weighted by molar-refractivity contribution is -0.137. The molecular formula is C16H24F3N3O3S. The molecule has 0 spiro atoms. The number of nitrogens with two attached hydrogens (primary N) is 1. The number of rotatable bonds is 8. The van der Waals surface area contributed by atoms with E-state index in [0.29, 0.717) is 12.5 Å². The van der Waals surface area contributed by atoms with Gasteiger partial charge in [0.05, 0.1) is 17.0 Å². The lowest BCUT2D eigenvalue weighted by Gasteiger charge is -2.31. The van der Waals surface area contributed by atoms with Crippen LogP contribution in [0.1, 0.15) is 32.8 Å². The number of amides is 1. The molecule has 1 unspecified atom stereocenters. The smallest absolute Gasteiger partial charge is 0.349 e. The predicted octanol–water partition coefficient (Wildman–Crippen LogP) is 1.86. The molecule has 0 radical (unpaired) electrons.